The minimum Gasteiger partial charge on any atom is -0.353 e. The maximum Gasteiger partial charge on any atom is 0.425 e. The molecule has 0 bridgehead atoms. The van der Waals surface area contributed by atoms with Crippen molar-refractivity contribution in [1.29, 1.82) is 0 Å². The Morgan fingerprint density at radius 2 is 1.73 bits per heavy atom. The van der Waals surface area contributed by atoms with Crippen molar-refractivity contribution in [2.75, 3.05) is 30.0 Å². The summed E-state index contributed by atoms with van der Waals surface area (Å²) in [6.07, 6.45) is 1.01. The predicted octanol–water partition coefficient (Wildman–Crippen LogP) is -1.89. The molecule has 30 heavy (non-hydrogen) atoms. The lowest BCUT2D eigenvalue weighted by molar-refractivity contribution is 0.483. The topological polar surface area (TPSA) is 234 Å². The van der Waals surface area contributed by atoms with Gasteiger partial charge in [-0.1, -0.05) is 6.07 Å². The summed E-state index contributed by atoms with van der Waals surface area (Å²) in [7, 11) is -10.8. The number of aromatic amines is 1. The third-order valence-electron chi connectivity index (χ3n) is 2.82. The highest BCUT2D eigenvalue weighted by atomic mass is 32.2. The number of anilines is 3. The van der Waals surface area contributed by atoms with Gasteiger partial charge in [0, 0.05) is 18.8 Å². The summed E-state index contributed by atoms with van der Waals surface area (Å²) in [5.41, 5.74) is -0.480. The molecule has 0 spiro atoms. The molecule has 0 atom stereocenters. The fourth-order valence-electron chi connectivity index (χ4n) is 1.80. The molecule has 0 amide bonds. The van der Waals surface area contributed by atoms with E-state index in [1.807, 2.05) is 0 Å². The number of nitrogens with zero attached hydrogens (tertiary/aromatic N) is 2. The molecule has 166 valence electrons. The summed E-state index contributed by atoms with van der Waals surface area (Å²) >= 11 is 0. The van der Waals surface area contributed by atoms with E-state index in [0.29, 0.717) is 0 Å². The number of aromatic nitrogens is 3. The van der Waals surface area contributed by atoms with Crippen molar-refractivity contribution in [3.05, 3.63) is 34.7 Å². The number of hydrogen-bond acceptors (Lipinski definition) is 12. The van der Waals surface area contributed by atoms with Gasteiger partial charge in [0.15, 0.2) is 0 Å². The summed E-state index contributed by atoms with van der Waals surface area (Å²) in [4.78, 5) is 21.1. The van der Waals surface area contributed by atoms with Gasteiger partial charge in [-0.3, -0.25) is 9.54 Å². The molecule has 0 radical (unpaired) electrons. The molecule has 0 aliphatic carbocycles. The van der Waals surface area contributed by atoms with Gasteiger partial charge >= 0.3 is 16.3 Å². The van der Waals surface area contributed by atoms with Gasteiger partial charge in [-0.25, -0.2) is 17.9 Å². The Kier molecular flexibility index (Phi) is 8.98. The van der Waals surface area contributed by atoms with Crippen LogP contribution in [0.5, 0.6) is 0 Å². The summed E-state index contributed by atoms with van der Waals surface area (Å²) < 4.78 is 80.8. The van der Waals surface area contributed by atoms with Gasteiger partial charge in [0.1, 0.15) is 0 Å². The molecule has 1 aromatic carbocycles. The first-order valence-corrected chi connectivity index (χ1v) is 11.9. The Morgan fingerprint density at radius 3 is 2.30 bits per heavy atom. The van der Waals surface area contributed by atoms with E-state index in [9.17, 15) is 21.6 Å². The van der Waals surface area contributed by atoms with Crippen molar-refractivity contribution >= 4 is 48.3 Å². The molecule has 0 aliphatic rings. The maximum absolute atomic E-state index is 11.6. The second-order valence-electron chi connectivity index (χ2n) is 5.25. The van der Waals surface area contributed by atoms with Crippen molar-refractivity contribution in [2.24, 2.45) is 0 Å². The molecule has 0 saturated carbocycles. The number of nitrogens with one attached hydrogen (secondary N) is 4. The van der Waals surface area contributed by atoms with Crippen LogP contribution < -0.4 is 21.0 Å². The normalized spacial score (nSPS) is 11.1. The highest BCUT2D eigenvalue weighted by Gasteiger charge is 2.10. The first-order valence-electron chi connectivity index (χ1n) is 7.54. The fourth-order valence-corrected chi connectivity index (χ4v) is 2.80. The van der Waals surface area contributed by atoms with Crippen LogP contribution in [0.3, 0.4) is 0 Å². The summed E-state index contributed by atoms with van der Waals surface area (Å²) in [5.74, 6) is -0.0893. The van der Waals surface area contributed by atoms with E-state index in [1.54, 1.807) is 0 Å². The molecule has 1 heterocycles. The minimum absolute atomic E-state index is 0.0314. The number of sulfonamides is 1. The van der Waals surface area contributed by atoms with E-state index in [0.717, 1.165) is 12.3 Å². The summed E-state index contributed by atoms with van der Waals surface area (Å²) in [6, 6.07) is 5.24. The molecular weight excluding hydrogens is 468 g/mol. The zero-order chi connectivity index (χ0) is 22.9. The Balaban J connectivity index is 0.00000103. The molecular formula is C12H16N6O9S3. The second-order valence-corrected chi connectivity index (χ2v) is 8.91. The first-order chi connectivity index (χ1) is 13.8. The lowest BCUT2D eigenvalue weighted by Gasteiger charge is -2.09. The van der Waals surface area contributed by atoms with Crippen LogP contribution in [0.2, 0.25) is 0 Å². The van der Waals surface area contributed by atoms with Gasteiger partial charge < -0.3 is 10.6 Å². The zero-order valence-corrected chi connectivity index (χ0v) is 17.5. The number of hydrogen-bond donors (Lipinski definition) is 5. The van der Waals surface area contributed by atoms with Gasteiger partial charge in [-0.2, -0.15) is 18.4 Å². The van der Waals surface area contributed by atoms with Crippen molar-refractivity contribution in [2.45, 2.75) is 4.90 Å². The Morgan fingerprint density at radius 1 is 1.10 bits per heavy atom. The average Bonchev–Trinajstić information content (AvgIpc) is 2.56. The van der Waals surface area contributed by atoms with Crippen molar-refractivity contribution in [1.82, 2.24) is 19.7 Å². The molecule has 0 unspecified atom stereocenters. The number of H-pyrrole nitrogens is 1. The smallest absolute Gasteiger partial charge is 0.353 e. The fraction of sp³-hybridized carbons (Fsp3) is 0.250. The highest BCUT2D eigenvalue weighted by molar-refractivity contribution is 7.88. The maximum atomic E-state index is 11.6. The quantitative estimate of drug-likeness (QED) is 0.204. The molecule has 0 fully saturated rings. The van der Waals surface area contributed by atoms with Crippen LogP contribution >= 0.6 is 0 Å². The van der Waals surface area contributed by atoms with Gasteiger partial charge in [0.25, 0.3) is 10.1 Å². The monoisotopic (exact) mass is 484 g/mol. The second kappa shape index (κ2) is 10.7. The molecule has 5 N–H and O–H groups in total. The van der Waals surface area contributed by atoms with E-state index in [-0.39, 0.29) is 35.6 Å². The van der Waals surface area contributed by atoms with Crippen LogP contribution in [-0.4, -0.2) is 68.3 Å². The van der Waals surface area contributed by atoms with Crippen LogP contribution in [-0.2, 0) is 30.8 Å². The van der Waals surface area contributed by atoms with E-state index in [4.69, 9.17) is 17.2 Å². The van der Waals surface area contributed by atoms with E-state index < -0.39 is 36.4 Å². The van der Waals surface area contributed by atoms with Crippen LogP contribution in [0.25, 0.3) is 0 Å². The third-order valence-corrected chi connectivity index (χ3v) is 4.40. The Hall–Kier alpha value is -2.93. The largest absolute Gasteiger partial charge is 0.425 e. The van der Waals surface area contributed by atoms with Crippen LogP contribution in [0.1, 0.15) is 0 Å². The number of rotatable bonds is 8. The van der Waals surface area contributed by atoms with Crippen LogP contribution in [0.15, 0.2) is 34.0 Å². The average molecular weight is 484 g/mol. The molecule has 0 saturated heterocycles. The molecule has 0 aliphatic heterocycles. The highest BCUT2D eigenvalue weighted by Crippen LogP contribution is 2.17. The van der Waals surface area contributed by atoms with Gasteiger partial charge in [-0.05, 0) is 18.2 Å². The summed E-state index contributed by atoms with van der Waals surface area (Å²) in [6.45, 7) is 0.197. The van der Waals surface area contributed by atoms with Crippen molar-refractivity contribution < 1.29 is 34.0 Å². The predicted molar refractivity (Wildman–Crippen MR) is 103 cm³/mol. The summed E-state index contributed by atoms with van der Waals surface area (Å²) in [5, 5.41) is 5.35. The van der Waals surface area contributed by atoms with Crippen molar-refractivity contribution in [3.8, 4) is 0 Å². The molecule has 2 aromatic rings. The molecule has 2 rings (SSSR count). The third kappa shape index (κ3) is 10.6. The van der Waals surface area contributed by atoms with E-state index in [1.165, 1.54) is 18.2 Å². The molecule has 15 nitrogen and oxygen atoms in total. The minimum atomic E-state index is -4.37. The number of benzene rings is 1. The van der Waals surface area contributed by atoms with E-state index >= 15 is 0 Å². The molecule has 1 aromatic heterocycles. The zero-order valence-electron chi connectivity index (χ0n) is 15.1. The lowest BCUT2D eigenvalue weighted by atomic mass is 10.3. The van der Waals surface area contributed by atoms with Gasteiger partial charge in [-0.15, -0.1) is 12.6 Å². The Bertz CT molecular complexity index is 1250. The molecule has 18 heteroatoms. The SMILES string of the molecule is CS(=O)(=O)NCCNc1nc(Nc2cccc(S(=O)(=O)O)c2)[nH]c(=O)n1.O=S(=O)=O. The standard InChI is InChI=1S/C12H16N6O6S2.O3S/c1-25(20,21)14-6-5-13-10-16-11(18-12(19)17-10)15-8-3-2-4-9(7-8)26(22,23)24;1-4(2)3/h2-4,7,14H,5-6H2,1H3,(H,22,23,24)(H3,13,15,16,17,18,19);. The van der Waals surface area contributed by atoms with Crippen LogP contribution in [0, 0.1) is 0 Å². The van der Waals surface area contributed by atoms with Crippen LogP contribution in [0.4, 0.5) is 17.6 Å². The van der Waals surface area contributed by atoms with Gasteiger partial charge in [0.05, 0.1) is 11.2 Å². The Labute approximate surface area is 171 Å². The van der Waals surface area contributed by atoms with E-state index in [2.05, 4.69) is 30.3 Å². The van der Waals surface area contributed by atoms with Gasteiger partial charge in [0.2, 0.25) is 21.9 Å². The van der Waals surface area contributed by atoms with Crippen molar-refractivity contribution in [3.63, 3.8) is 0 Å². The first kappa shape index (κ1) is 25.1. The lowest BCUT2D eigenvalue weighted by Crippen LogP contribution is -2.28.